The zero-order chi connectivity index (χ0) is 18.0. The molecule has 0 saturated carbocycles. The van der Waals surface area contributed by atoms with Gasteiger partial charge in [-0.25, -0.2) is 8.42 Å². The molecule has 1 aliphatic rings. The van der Waals surface area contributed by atoms with E-state index in [0.717, 1.165) is 5.56 Å². The van der Waals surface area contributed by atoms with E-state index in [9.17, 15) is 13.2 Å². The maximum atomic E-state index is 13.1. The lowest BCUT2D eigenvalue weighted by Gasteiger charge is -2.45. The maximum absolute atomic E-state index is 13.1. The van der Waals surface area contributed by atoms with E-state index in [1.54, 1.807) is 43.3 Å². The molecular formula is C18H18ClNO4S. The third-order valence-electron chi connectivity index (χ3n) is 4.17. The molecule has 7 heteroatoms. The fourth-order valence-electron chi connectivity index (χ4n) is 2.98. The molecular weight excluding hydrogens is 362 g/mol. The van der Waals surface area contributed by atoms with Gasteiger partial charge in [0.25, 0.3) is 0 Å². The molecule has 0 aromatic heterocycles. The van der Waals surface area contributed by atoms with Gasteiger partial charge >= 0.3 is 5.97 Å². The van der Waals surface area contributed by atoms with E-state index in [4.69, 9.17) is 16.3 Å². The highest BCUT2D eigenvalue weighted by Crippen LogP contribution is 2.44. The predicted octanol–water partition coefficient (Wildman–Crippen LogP) is 3.41. The molecule has 1 saturated heterocycles. The third kappa shape index (κ3) is 3.42. The topological polar surface area (TPSA) is 63.7 Å². The maximum Gasteiger partial charge on any atom is 0.324 e. The Hall–Kier alpha value is -1.89. The van der Waals surface area contributed by atoms with Gasteiger partial charge in [0.1, 0.15) is 6.04 Å². The van der Waals surface area contributed by atoms with Gasteiger partial charge in [0.05, 0.1) is 17.5 Å². The van der Waals surface area contributed by atoms with Crippen LogP contribution in [0.4, 0.5) is 0 Å². The van der Waals surface area contributed by atoms with Gasteiger partial charge in [0, 0.05) is 5.02 Å². The average molecular weight is 380 g/mol. The number of hydrogen-bond acceptors (Lipinski definition) is 4. The molecule has 1 heterocycles. The highest BCUT2D eigenvalue weighted by molar-refractivity contribution is 7.89. The van der Waals surface area contributed by atoms with E-state index >= 15 is 0 Å². The molecule has 1 aliphatic heterocycles. The van der Waals surface area contributed by atoms with Crippen molar-refractivity contribution >= 4 is 27.6 Å². The minimum atomic E-state index is -3.84. The number of sulfonamides is 1. The molecule has 132 valence electrons. The molecule has 0 unspecified atom stereocenters. The van der Waals surface area contributed by atoms with E-state index in [2.05, 4.69) is 0 Å². The molecule has 25 heavy (non-hydrogen) atoms. The van der Waals surface area contributed by atoms with Crippen LogP contribution >= 0.6 is 11.6 Å². The Morgan fingerprint density at radius 2 is 1.92 bits per heavy atom. The van der Waals surface area contributed by atoms with Gasteiger partial charge in [-0.05, 0) is 43.2 Å². The highest BCUT2D eigenvalue weighted by atomic mass is 35.5. The van der Waals surface area contributed by atoms with Crippen molar-refractivity contribution in [3.05, 3.63) is 65.2 Å². The van der Waals surface area contributed by atoms with Crippen LogP contribution in [0.3, 0.4) is 0 Å². The largest absolute Gasteiger partial charge is 0.465 e. The Bertz CT molecular complexity index is 870. The Morgan fingerprint density at radius 1 is 1.20 bits per heavy atom. The van der Waals surface area contributed by atoms with Crippen molar-refractivity contribution in [3.8, 4) is 0 Å². The van der Waals surface area contributed by atoms with Crippen molar-refractivity contribution < 1.29 is 17.9 Å². The Balaban J connectivity index is 2.00. The van der Waals surface area contributed by atoms with Gasteiger partial charge in [0.2, 0.25) is 10.0 Å². The number of esters is 1. The fraction of sp³-hybridized carbons (Fsp3) is 0.278. The summed E-state index contributed by atoms with van der Waals surface area (Å²) in [5.74, 6) is -0.528. The lowest BCUT2D eigenvalue weighted by atomic mass is 9.90. The minimum absolute atomic E-state index is 0.149. The third-order valence-corrected chi connectivity index (χ3v) is 6.34. The summed E-state index contributed by atoms with van der Waals surface area (Å²) in [6.07, 6.45) is 0.366. The summed E-state index contributed by atoms with van der Waals surface area (Å²) in [6, 6.07) is 13.8. The number of halogens is 1. The number of rotatable bonds is 5. The van der Waals surface area contributed by atoms with Crippen LogP contribution in [0.15, 0.2) is 59.5 Å². The van der Waals surface area contributed by atoms with E-state index in [1.807, 2.05) is 6.07 Å². The average Bonchev–Trinajstić information content (AvgIpc) is 2.55. The van der Waals surface area contributed by atoms with Gasteiger partial charge in [-0.2, -0.15) is 4.31 Å². The van der Waals surface area contributed by atoms with Crippen molar-refractivity contribution in [2.75, 3.05) is 6.61 Å². The molecule has 1 fully saturated rings. The van der Waals surface area contributed by atoms with Crippen LogP contribution in [-0.4, -0.2) is 31.3 Å². The lowest BCUT2D eigenvalue weighted by molar-refractivity contribution is -0.153. The summed E-state index contributed by atoms with van der Waals surface area (Å²) in [5.41, 5.74) is 0.757. The number of hydrogen-bond donors (Lipinski definition) is 0. The van der Waals surface area contributed by atoms with Crippen molar-refractivity contribution in [1.29, 1.82) is 0 Å². The van der Waals surface area contributed by atoms with Crippen molar-refractivity contribution in [2.45, 2.75) is 30.3 Å². The second kappa shape index (κ2) is 7.15. The van der Waals surface area contributed by atoms with Crippen LogP contribution in [0.2, 0.25) is 5.02 Å². The first kappa shape index (κ1) is 17.9. The number of carbonyl (C=O) groups excluding carboxylic acids is 1. The van der Waals surface area contributed by atoms with Crippen LogP contribution in [0.25, 0.3) is 0 Å². The molecule has 2 aromatic carbocycles. The van der Waals surface area contributed by atoms with Gasteiger partial charge in [-0.3, -0.25) is 4.79 Å². The van der Waals surface area contributed by atoms with Crippen molar-refractivity contribution in [3.63, 3.8) is 0 Å². The fourth-order valence-corrected chi connectivity index (χ4v) is 4.98. The molecule has 0 amide bonds. The summed E-state index contributed by atoms with van der Waals surface area (Å²) in [5, 5.41) is 0.522. The number of benzene rings is 2. The Labute approximate surface area is 152 Å². The summed E-state index contributed by atoms with van der Waals surface area (Å²) < 4.78 is 32.4. The molecule has 0 spiro atoms. The number of ether oxygens (including phenoxy) is 1. The van der Waals surface area contributed by atoms with Crippen LogP contribution < -0.4 is 0 Å². The Kier molecular flexibility index (Phi) is 5.13. The van der Waals surface area contributed by atoms with Gasteiger partial charge in [-0.1, -0.05) is 41.9 Å². The zero-order valence-electron chi connectivity index (χ0n) is 13.6. The molecule has 0 radical (unpaired) electrons. The molecule has 0 N–H and O–H groups in total. The normalized spacial score (nSPS) is 20.7. The van der Waals surface area contributed by atoms with Crippen LogP contribution in [0, 0.1) is 0 Å². The monoisotopic (exact) mass is 379 g/mol. The van der Waals surface area contributed by atoms with E-state index in [0.29, 0.717) is 11.4 Å². The van der Waals surface area contributed by atoms with E-state index < -0.39 is 28.1 Å². The standard InChI is InChI=1S/C18H18ClNO4S/c1-2-24-18(21)17-12-16(13-7-6-8-14(19)11-13)20(17)25(22,23)15-9-4-3-5-10-15/h3-11,16-17H,2,12H2,1H3/t16-,17+/m0/s1. The molecule has 5 nitrogen and oxygen atoms in total. The number of nitrogens with zero attached hydrogens (tertiary/aromatic N) is 1. The minimum Gasteiger partial charge on any atom is -0.465 e. The second-order valence-electron chi connectivity index (χ2n) is 5.72. The molecule has 0 bridgehead atoms. The first-order valence-electron chi connectivity index (χ1n) is 7.96. The van der Waals surface area contributed by atoms with E-state index in [-0.39, 0.29) is 11.5 Å². The van der Waals surface area contributed by atoms with Crippen LogP contribution in [0.1, 0.15) is 24.9 Å². The summed E-state index contributed by atoms with van der Waals surface area (Å²) >= 11 is 6.04. The van der Waals surface area contributed by atoms with Crippen LogP contribution in [0.5, 0.6) is 0 Å². The second-order valence-corrected chi connectivity index (χ2v) is 8.00. The van der Waals surface area contributed by atoms with Crippen molar-refractivity contribution in [2.24, 2.45) is 0 Å². The molecule has 2 aromatic rings. The SMILES string of the molecule is CCOC(=O)[C@H]1C[C@@H](c2cccc(Cl)c2)N1S(=O)(=O)c1ccccc1. The predicted molar refractivity (Wildman–Crippen MR) is 94.7 cm³/mol. The zero-order valence-corrected chi connectivity index (χ0v) is 15.2. The highest BCUT2D eigenvalue weighted by Gasteiger charge is 2.51. The summed E-state index contributed by atoms with van der Waals surface area (Å²) in [7, 11) is -3.84. The lowest BCUT2D eigenvalue weighted by Crippen LogP contribution is -2.57. The van der Waals surface area contributed by atoms with Crippen LogP contribution in [-0.2, 0) is 19.6 Å². The van der Waals surface area contributed by atoms with Gasteiger partial charge in [-0.15, -0.1) is 0 Å². The van der Waals surface area contributed by atoms with Crippen molar-refractivity contribution in [1.82, 2.24) is 4.31 Å². The number of carbonyl (C=O) groups is 1. The smallest absolute Gasteiger partial charge is 0.324 e. The van der Waals surface area contributed by atoms with Gasteiger partial charge in [0.15, 0.2) is 0 Å². The molecule has 3 rings (SSSR count). The Morgan fingerprint density at radius 3 is 2.56 bits per heavy atom. The molecule has 0 aliphatic carbocycles. The quantitative estimate of drug-likeness (QED) is 0.747. The van der Waals surface area contributed by atoms with Gasteiger partial charge < -0.3 is 4.74 Å². The first-order valence-corrected chi connectivity index (χ1v) is 9.77. The van der Waals surface area contributed by atoms with E-state index in [1.165, 1.54) is 16.4 Å². The summed E-state index contributed by atoms with van der Waals surface area (Å²) in [4.78, 5) is 12.4. The molecule has 2 atom stereocenters. The summed E-state index contributed by atoms with van der Waals surface area (Å²) in [6.45, 7) is 1.90. The first-order chi connectivity index (χ1) is 11.9.